The van der Waals surface area contributed by atoms with E-state index in [0.29, 0.717) is 0 Å². The van der Waals surface area contributed by atoms with Gasteiger partial charge in [0.15, 0.2) is 9.04 Å². The third-order valence-electron chi connectivity index (χ3n) is 1.96. The second kappa shape index (κ2) is 7.56. The van der Waals surface area contributed by atoms with Crippen LogP contribution >= 0.6 is 0 Å². The Bertz CT molecular complexity index is 108. The molecule has 1 unspecified atom stereocenters. The van der Waals surface area contributed by atoms with Crippen LogP contribution < -0.4 is 0 Å². The van der Waals surface area contributed by atoms with Crippen LogP contribution in [-0.2, 0) is 4.43 Å². The molecule has 0 aromatic heterocycles. The SMILES string of the molecule is C=CC(C)O[SiH](CCC)CCC. The molecule has 0 aliphatic carbocycles. The van der Waals surface area contributed by atoms with E-state index in [1.165, 1.54) is 24.9 Å². The largest absolute Gasteiger partial charge is 0.414 e. The molecule has 1 nitrogen and oxygen atoms in total. The maximum Gasteiger partial charge on any atom is 0.177 e. The molecule has 0 fully saturated rings. The van der Waals surface area contributed by atoms with Gasteiger partial charge >= 0.3 is 0 Å². The number of hydrogen-bond acceptors (Lipinski definition) is 1. The van der Waals surface area contributed by atoms with Crippen molar-refractivity contribution >= 4 is 9.04 Å². The minimum absolute atomic E-state index is 0.264. The van der Waals surface area contributed by atoms with E-state index in [2.05, 4.69) is 27.4 Å². The van der Waals surface area contributed by atoms with Crippen molar-refractivity contribution < 1.29 is 4.43 Å². The van der Waals surface area contributed by atoms with Gasteiger partial charge in [0, 0.05) is 0 Å². The number of hydrogen-bond donors (Lipinski definition) is 0. The van der Waals surface area contributed by atoms with Gasteiger partial charge in [0.25, 0.3) is 0 Å². The van der Waals surface area contributed by atoms with Crippen LogP contribution in [0.25, 0.3) is 0 Å². The first-order chi connectivity index (χ1) is 5.74. The fourth-order valence-corrected chi connectivity index (χ4v) is 3.85. The lowest BCUT2D eigenvalue weighted by Crippen LogP contribution is -2.22. The lowest BCUT2D eigenvalue weighted by Gasteiger charge is -2.18. The Kier molecular flexibility index (Phi) is 7.51. The molecule has 0 saturated heterocycles. The number of rotatable bonds is 7. The third-order valence-corrected chi connectivity index (χ3v) is 5.22. The summed E-state index contributed by atoms with van der Waals surface area (Å²) in [6.07, 6.45) is 4.69. The molecule has 0 saturated carbocycles. The van der Waals surface area contributed by atoms with E-state index < -0.39 is 9.04 Å². The fourth-order valence-electron chi connectivity index (χ4n) is 1.28. The third kappa shape index (κ3) is 5.55. The van der Waals surface area contributed by atoms with Gasteiger partial charge in [-0.15, -0.1) is 6.58 Å². The molecule has 12 heavy (non-hydrogen) atoms. The summed E-state index contributed by atoms with van der Waals surface area (Å²) in [4.78, 5) is 0. The molecule has 2 heteroatoms. The highest BCUT2D eigenvalue weighted by Crippen LogP contribution is 2.09. The van der Waals surface area contributed by atoms with E-state index in [1.807, 2.05) is 6.08 Å². The Balaban J connectivity index is 3.68. The Hall–Kier alpha value is -0.0831. The van der Waals surface area contributed by atoms with E-state index in [4.69, 9.17) is 4.43 Å². The van der Waals surface area contributed by atoms with Crippen molar-refractivity contribution in [1.29, 1.82) is 0 Å². The molecule has 1 atom stereocenters. The van der Waals surface area contributed by atoms with Gasteiger partial charge in [-0.3, -0.25) is 0 Å². The summed E-state index contributed by atoms with van der Waals surface area (Å²) < 4.78 is 5.90. The quantitative estimate of drug-likeness (QED) is 0.438. The second-order valence-electron chi connectivity index (χ2n) is 3.28. The molecule has 0 aromatic carbocycles. The maximum atomic E-state index is 5.90. The van der Waals surface area contributed by atoms with Gasteiger partial charge in [-0.1, -0.05) is 32.8 Å². The van der Waals surface area contributed by atoms with Crippen molar-refractivity contribution in [2.24, 2.45) is 0 Å². The molecule has 0 amide bonds. The summed E-state index contributed by atoms with van der Waals surface area (Å²) in [6.45, 7) is 10.3. The Morgan fingerprint density at radius 3 is 2.17 bits per heavy atom. The standard InChI is InChI=1S/C10H22OSi/c1-5-8-12(9-6-2)11-10(4)7-3/h7,10,12H,3,5-6,8-9H2,1-2,4H3. The topological polar surface area (TPSA) is 9.23 Å². The Labute approximate surface area is 78.5 Å². The van der Waals surface area contributed by atoms with E-state index >= 15 is 0 Å². The zero-order chi connectivity index (χ0) is 9.40. The second-order valence-corrected chi connectivity index (χ2v) is 5.95. The molecule has 0 bridgehead atoms. The minimum atomic E-state index is -0.881. The molecule has 0 spiro atoms. The van der Waals surface area contributed by atoms with Crippen LogP contribution in [0.4, 0.5) is 0 Å². The normalized spacial score (nSPS) is 13.3. The maximum absolute atomic E-state index is 5.90. The molecule has 0 rings (SSSR count). The fraction of sp³-hybridized carbons (Fsp3) is 0.800. The van der Waals surface area contributed by atoms with Gasteiger partial charge in [-0.05, 0) is 19.0 Å². The molecular weight excluding hydrogens is 164 g/mol. The van der Waals surface area contributed by atoms with E-state index in [1.54, 1.807) is 0 Å². The van der Waals surface area contributed by atoms with Crippen molar-refractivity contribution in [3.05, 3.63) is 12.7 Å². The van der Waals surface area contributed by atoms with Crippen molar-refractivity contribution in [3.63, 3.8) is 0 Å². The van der Waals surface area contributed by atoms with Crippen molar-refractivity contribution in [3.8, 4) is 0 Å². The van der Waals surface area contributed by atoms with Crippen LogP contribution in [-0.4, -0.2) is 15.1 Å². The Morgan fingerprint density at radius 2 is 1.83 bits per heavy atom. The van der Waals surface area contributed by atoms with Gasteiger partial charge < -0.3 is 4.43 Å². The highest BCUT2D eigenvalue weighted by Gasteiger charge is 2.11. The summed E-state index contributed by atoms with van der Waals surface area (Å²) in [5.41, 5.74) is 0. The minimum Gasteiger partial charge on any atom is -0.414 e. The predicted molar refractivity (Wildman–Crippen MR) is 58.1 cm³/mol. The average molecular weight is 186 g/mol. The predicted octanol–water partition coefficient (Wildman–Crippen LogP) is 3.12. The van der Waals surface area contributed by atoms with E-state index in [9.17, 15) is 0 Å². The Morgan fingerprint density at radius 1 is 1.33 bits per heavy atom. The van der Waals surface area contributed by atoms with Crippen LogP contribution in [0, 0.1) is 0 Å². The van der Waals surface area contributed by atoms with Crippen molar-refractivity contribution in [2.75, 3.05) is 0 Å². The molecule has 0 radical (unpaired) electrons. The molecule has 0 aliphatic heterocycles. The molecule has 0 heterocycles. The van der Waals surface area contributed by atoms with E-state index in [0.717, 1.165) is 0 Å². The van der Waals surface area contributed by atoms with Gasteiger partial charge in [-0.2, -0.15) is 0 Å². The highest BCUT2D eigenvalue weighted by atomic mass is 28.3. The summed E-state index contributed by atoms with van der Waals surface area (Å²) in [7, 11) is -0.881. The smallest absolute Gasteiger partial charge is 0.177 e. The molecule has 0 aliphatic rings. The molecule has 72 valence electrons. The summed E-state index contributed by atoms with van der Waals surface area (Å²) >= 11 is 0. The van der Waals surface area contributed by atoms with Gasteiger partial charge in [0.05, 0.1) is 6.10 Å². The van der Waals surface area contributed by atoms with Crippen LogP contribution in [0.1, 0.15) is 33.6 Å². The van der Waals surface area contributed by atoms with Crippen LogP contribution in [0.5, 0.6) is 0 Å². The lowest BCUT2D eigenvalue weighted by molar-refractivity contribution is 0.269. The van der Waals surface area contributed by atoms with Crippen molar-refractivity contribution in [2.45, 2.75) is 51.8 Å². The van der Waals surface area contributed by atoms with Gasteiger partial charge in [0.2, 0.25) is 0 Å². The first-order valence-electron chi connectivity index (χ1n) is 5.02. The highest BCUT2D eigenvalue weighted by molar-refractivity contribution is 6.51. The molecule has 0 aromatic rings. The first kappa shape index (κ1) is 11.9. The van der Waals surface area contributed by atoms with Gasteiger partial charge in [-0.25, -0.2) is 0 Å². The van der Waals surface area contributed by atoms with Gasteiger partial charge in [0.1, 0.15) is 0 Å². The molecular formula is C10H22OSi. The van der Waals surface area contributed by atoms with Crippen LogP contribution in [0.3, 0.4) is 0 Å². The first-order valence-corrected chi connectivity index (χ1v) is 7.13. The van der Waals surface area contributed by atoms with Crippen LogP contribution in [0.2, 0.25) is 12.1 Å². The monoisotopic (exact) mass is 186 g/mol. The van der Waals surface area contributed by atoms with E-state index in [-0.39, 0.29) is 6.10 Å². The summed E-state index contributed by atoms with van der Waals surface area (Å²) in [6, 6.07) is 2.62. The summed E-state index contributed by atoms with van der Waals surface area (Å²) in [5, 5.41) is 0. The van der Waals surface area contributed by atoms with Crippen molar-refractivity contribution in [1.82, 2.24) is 0 Å². The van der Waals surface area contributed by atoms with Crippen LogP contribution in [0.15, 0.2) is 12.7 Å². The average Bonchev–Trinajstić information content (AvgIpc) is 2.05. The zero-order valence-corrected chi connectivity index (χ0v) is 9.83. The zero-order valence-electron chi connectivity index (χ0n) is 8.68. The molecule has 0 N–H and O–H groups in total. The summed E-state index contributed by atoms with van der Waals surface area (Å²) in [5.74, 6) is 0. The lowest BCUT2D eigenvalue weighted by atomic mass is 10.4.